The van der Waals surface area contributed by atoms with E-state index in [-0.39, 0.29) is 12.6 Å². The Morgan fingerprint density at radius 1 is 1.37 bits per heavy atom. The number of esters is 1. The van der Waals surface area contributed by atoms with Gasteiger partial charge in [-0.3, -0.25) is 4.79 Å². The van der Waals surface area contributed by atoms with E-state index in [1.807, 2.05) is 30.4 Å². The fraction of sp³-hybridized carbons (Fsp3) is 0.400. The quantitative estimate of drug-likeness (QED) is 0.607. The van der Waals surface area contributed by atoms with E-state index >= 15 is 0 Å². The van der Waals surface area contributed by atoms with Gasteiger partial charge in [-0.05, 0) is 24.5 Å². The average Bonchev–Trinajstić information content (AvgIpc) is 2.45. The highest BCUT2D eigenvalue weighted by molar-refractivity contribution is 5.69. The monoisotopic (exact) mass is 264 g/mol. The lowest BCUT2D eigenvalue weighted by atomic mass is 10.1. The summed E-state index contributed by atoms with van der Waals surface area (Å²) in [6.45, 7) is -0.0636. The Hall–Kier alpha value is -1.81. The summed E-state index contributed by atoms with van der Waals surface area (Å²) < 4.78 is 9.76. The van der Waals surface area contributed by atoms with E-state index in [2.05, 4.69) is 4.74 Å². The molecule has 0 fully saturated rings. The molecule has 0 spiro atoms. The Balaban J connectivity index is 2.59. The molecule has 4 heteroatoms. The fourth-order valence-corrected chi connectivity index (χ4v) is 1.78. The maximum atomic E-state index is 10.9. The van der Waals surface area contributed by atoms with Crippen LogP contribution >= 0.6 is 0 Å². The molecule has 0 aliphatic carbocycles. The summed E-state index contributed by atoms with van der Waals surface area (Å²) in [6, 6.07) is 5.62. The number of methoxy groups -OCH3 is 2. The van der Waals surface area contributed by atoms with Crippen molar-refractivity contribution in [3.63, 3.8) is 0 Å². The molecule has 0 atom stereocenters. The van der Waals surface area contributed by atoms with Crippen molar-refractivity contribution < 1.29 is 19.4 Å². The largest absolute Gasteiger partial charge is 0.496 e. The van der Waals surface area contributed by atoms with Crippen molar-refractivity contribution in [2.75, 3.05) is 14.2 Å². The van der Waals surface area contributed by atoms with Crippen LogP contribution in [0, 0.1) is 0 Å². The van der Waals surface area contributed by atoms with Gasteiger partial charge in [0.1, 0.15) is 5.75 Å². The molecule has 0 amide bonds. The molecule has 0 saturated carbocycles. The first-order chi connectivity index (χ1) is 9.22. The number of allylic oxidation sites excluding steroid dienone is 1. The normalized spacial score (nSPS) is 10.7. The SMILES string of the molecule is COC(=O)CCCC=Cc1cccc(OC)c1CO. The summed E-state index contributed by atoms with van der Waals surface area (Å²) in [5, 5.41) is 9.36. The van der Waals surface area contributed by atoms with Crippen LogP contribution in [0.1, 0.15) is 30.4 Å². The molecular weight excluding hydrogens is 244 g/mol. The van der Waals surface area contributed by atoms with Gasteiger partial charge in [-0.1, -0.05) is 24.3 Å². The van der Waals surface area contributed by atoms with Crippen molar-refractivity contribution in [3.8, 4) is 5.75 Å². The molecule has 0 heterocycles. The van der Waals surface area contributed by atoms with Crippen LogP contribution < -0.4 is 4.74 Å². The Labute approximate surface area is 113 Å². The van der Waals surface area contributed by atoms with E-state index in [1.54, 1.807) is 7.11 Å². The van der Waals surface area contributed by atoms with Crippen LogP contribution in [-0.2, 0) is 16.1 Å². The van der Waals surface area contributed by atoms with Crippen LogP contribution in [0.25, 0.3) is 6.08 Å². The summed E-state index contributed by atoms with van der Waals surface area (Å²) in [6.07, 6.45) is 5.88. The van der Waals surface area contributed by atoms with Crippen molar-refractivity contribution in [2.45, 2.75) is 25.9 Å². The summed E-state index contributed by atoms with van der Waals surface area (Å²) >= 11 is 0. The van der Waals surface area contributed by atoms with E-state index in [1.165, 1.54) is 7.11 Å². The van der Waals surface area contributed by atoms with Gasteiger partial charge in [-0.25, -0.2) is 0 Å². The fourth-order valence-electron chi connectivity index (χ4n) is 1.78. The van der Waals surface area contributed by atoms with Gasteiger partial charge in [0.2, 0.25) is 0 Å². The zero-order valence-corrected chi connectivity index (χ0v) is 11.4. The molecule has 1 rings (SSSR count). The number of ether oxygens (including phenoxy) is 2. The summed E-state index contributed by atoms with van der Waals surface area (Å²) in [5.41, 5.74) is 1.70. The second-order valence-electron chi connectivity index (χ2n) is 4.06. The molecule has 1 aromatic carbocycles. The highest BCUT2D eigenvalue weighted by Gasteiger charge is 2.05. The van der Waals surface area contributed by atoms with Gasteiger partial charge in [-0.2, -0.15) is 0 Å². The van der Waals surface area contributed by atoms with Crippen molar-refractivity contribution in [2.24, 2.45) is 0 Å². The van der Waals surface area contributed by atoms with Crippen molar-refractivity contribution in [3.05, 3.63) is 35.4 Å². The summed E-state index contributed by atoms with van der Waals surface area (Å²) in [4.78, 5) is 10.9. The minimum atomic E-state index is -0.189. The minimum absolute atomic E-state index is 0.0636. The number of carbonyl (C=O) groups excluding carboxylic acids is 1. The predicted molar refractivity (Wildman–Crippen MR) is 73.8 cm³/mol. The zero-order chi connectivity index (χ0) is 14.1. The molecule has 4 nitrogen and oxygen atoms in total. The lowest BCUT2D eigenvalue weighted by Gasteiger charge is -2.08. The first kappa shape index (κ1) is 15.2. The van der Waals surface area contributed by atoms with Gasteiger partial charge in [-0.15, -0.1) is 0 Å². The van der Waals surface area contributed by atoms with Gasteiger partial charge in [0.25, 0.3) is 0 Å². The smallest absolute Gasteiger partial charge is 0.305 e. The average molecular weight is 264 g/mol. The van der Waals surface area contributed by atoms with Gasteiger partial charge in [0, 0.05) is 12.0 Å². The van der Waals surface area contributed by atoms with Crippen molar-refractivity contribution in [1.29, 1.82) is 0 Å². The number of aliphatic hydroxyl groups is 1. The molecule has 0 aliphatic rings. The predicted octanol–water partition coefficient (Wildman–Crippen LogP) is 2.54. The van der Waals surface area contributed by atoms with Crippen LogP contribution in [0.2, 0.25) is 0 Å². The molecule has 0 aliphatic heterocycles. The number of rotatable bonds is 7. The maximum Gasteiger partial charge on any atom is 0.305 e. The molecule has 19 heavy (non-hydrogen) atoms. The Bertz CT molecular complexity index is 438. The zero-order valence-electron chi connectivity index (χ0n) is 11.4. The van der Waals surface area contributed by atoms with Gasteiger partial charge >= 0.3 is 5.97 Å². The third-order valence-electron chi connectivity index (χ3n) is 2.82. The van der Waals surface area contributed by atoms with E-state index in [0.29, 0.717) is 12.2 Å². The number of aliphatic hydroxyl groups excluding tert-OH is 1. The van der Waals surface area contributed by atoms with Crippen LogP contribution in [-0.4, -0.2) is 25.3 Å². The van der Waals surface area contributed by atoms with E-state index in [0.717, 1.165) is 24.0 Å². The molecule has 0 aromatic heterocycles. The summed E-state index contributed by atoms with van der Waals surface area (Å²) in [5.74, 6) is 0.491. The highest BCUT2D eigenvalue weighted by Crippen LogP contribution is 2.23. The molecule has 0 bridgehead atoms. The molecule has 1 N–H and O–H groups in total. The number of hydrogen-bond acceptors (Lipinski definition) is 4. The topological polar surface area (TPSA) is 55.8 Å². The lowest BCUT2D eigenvalue weighted by Crippen LogP contribution is -1.98. The second-order valence-corrected chi connectivity index (χ2v) is 4.06. The second kappa shape index (κ2) is 8.32. The van der Waals surface area contributed by atoms with E-state index < -0.39 is 0 Å². The molecule has 0 unspecified atom stereocenters. The lowest BCUT2D eigenvalue weighted by molar-refractivity contribution is -0.140. The number of hydrogen-bond donors (Lipinski definition) is 1. The molecule has 0 saturated heterocycles. The third-order valence-corrected chi connectivity index (χ3v) is 2.82. The van der Waals surface area contributed by atoms with Crippen LogP contribution in [0.3, 0.4) is 0 Å². The molecule has 1 aromatic rings. The number of benzene rings is 1. The Morgan fingerprint density at radius 3 is 2.79 bits per heavy atom. The van der Waals surface area contributed by atoms with Crippen molar-refractivity contribution in [1.82, 2.24) is 0 Å². The third kappa shape index (κ3) is 4.75. The molecular formula is C15H20O4. The highest BCUT2D eigenvalue weighted by atomic mass is 16.5. The van der Waals surface area contributed by atoms with Crippen LogP contribution in [0.5, 0.6) is 5.75 Å². The molecule has 0 radical (unpaired) electrons. The van der Waals surface area contributed by atoms with Gasteiger partial charge in [0.15, 0.2) is 0 Å². The Kier molecular flexibility index (Phi) is 6.68. The van der Waals surface area contributed by atoms with E-state index in [4.69, 9.17) is 4.74 Å². The maximum absolute atomic E-state index is 10.9. The standard InChI is InChI=1S/C15H20O4/c1-18-14-9-6-8-12(13(14)11-16)7-4-3-5-10-15(17)19-2/h4,6-9,16H,3,5,10-11H2,1-2H3. The van der Waals surface area contributed by atoms with Crippen LogP contribution in [0.15, 0.2) is 24.3 Å². The molecule has 104 valence electrons. The minimum Gasteiger partial charge on any atom is -0.496 e. The van der Waals surface area contributed by atoms with Crippen LogP contribution in [0.4, 0.5) is 0 Å². The van der Waals surface area contributed by atoms with Gasteiger partial charge < -0.3 is 14.6 Å². The number of carbonyl (C=O) groups is 1. The number of unbranched alkanes of at least 4 members (excludes halogenated alkanes) is 1. The van der Waals surface area contributed by atoms with Crippen molar-refractivity contribution >= 4 is 12.0 Å². The van der Waals surface area contributed by atoms with E-state index in [9.17, 15) is 9.90 Å². The van der Waals surface area contributed by atoms with Gasteiger partial charge in [0.05, 0.1) is 20.8 Å². The Morgan fingerprint density at radius 2 is 2.16 bits per heavy atom. The first-order valence-electron chi connectivity index (χ1n) is 6.23. The first-order valence-corrected chi connectivity index (χ1v) is 6.23. The summed E-state index contributed by atoms with van der Waals surface area (Å²) in [7, 11) is 2.97.